The number of anilines is 1. The van der Waals surface area contributed by atoms with Gasteiger partial charge in [0.05, 0.1) is 5.75 Å². The lowest BCUT2D eigenvalue weighted by Gasteiger charge is -2.05. The quantitative estimate of drug-likeness (QED) is 0.612. The van der Waals surface area contributed by atoms with Crippen LogP contribution >= 0.6 is 11.8 Å². The summed E-state index contributed by atoms with van der Waals surface area (Å²) in [4.78, 5) is 0. The molecule has 0 saturated carbocycles. The first-order valence-electron chi connectivity index (χ1n) is 7.77. The second kappa shape index (κ2) is 7.88. The van der Waals surface area contributed by atoms with Crippen LogP contribution in [-0.4, -0.2) is 24.4 Å². The Hall–Kier alpha value is -2.39. The normalized spacial score (nSPS) is 11.5. The van der Waals surface area contributed by atoms with Crippen molar-refractivity contribution in [2.75, 3.05) is 10.5 Å². The van der Waals surface area contributed by atoms with Crippen molar-refractivity contribution in [2.24, 2.45) is 0 Å². The van der Waals surface area contributed by atoms with Gasteiger partial charge in [0.2, 0.25) is 15.9 Å². The van der Waals surface area contributed by atoms with E-state index in [0.29, 0.717) is 33.7 Å². The van der Waals surface area contributed by atoms with Crippen molar-refractivity contribution in [1.82, 2.24) is 10.2 Å². The molecule has 3 rings (SSSR count). The van der Waals surface area contributed by atoms with E-state index in [0.717, 1.165) is 0 Å². The zero-order chi connectivity index (χ0) is 18.6. The number of benzene rings is 2. The van der Waals surface area contributed by atoms with Crippen LogP contribution in [0.25, 0.3) is 11.5 Å². The van der Waals surface area contributed by atoms with Crippen LogP contribution in [-0.2, 0) is 15.8 Å². The van der Waals surface area contributed by atoms with Gasteiger partial charge in [0, 0.05) is 17.0 Å². The van der Waals surface area contributed by atoms with Crippen LogP contribution in [0.5, 0.6) is 0 Å². The molecule has 1 N–H and O–H groups in total. The first-order valence-corrected chi connectivity index (χ1v) is 10.4. The standard InChI is InChI=1S/C17H16FN3O3S2/c1-2-26(22,23)21-14-9-7-12(8-10-14)16-19-20-17(24-16)25-11-13-5-3-4-6-15(13)18/h3-10,21H,2,11H2,1H3. The van der Waals surface area contributed by atoms with E-state index in [9.17, 15) is 12.8 Å². The molecule has 0 aliphatic heterocycles. The Morgan fingerprint density at radius 3 is 2.54 bits per heavy atom. The Labute approximate surface area is 154 Å². The van der Waals surface area contributed by atoms with E-state index in [4.69, 9.17) is 4.42 Å². The van der Waals surface area contributed by atoms with Crippen LogP contribution in [0.4, 0.5) is 10.1 Å². The molecule has 0 unspecified atom stereocenters. The van der Waals surface area contributed by atoms with Gasteiger partial charge in [-0.25, -0.2) is 12.8 Å². The molecule has 0 aliphatic rings. The van der Waals surface area contributed by atoms with Crippen LogP contribution in [0.3, 0.4) is 0 Å². The minimum absolute atomic E-state index is 0.000995. The molecule has 9 heteroatoms. The average molecular weight is 393 g/mol. The van der Waals surface area contributed by atoms with Crippen LogP contribution < -0.4 is 4.72 Å². The van der Waals surface area contributed by atoms with E-state index in [2.05, 4.69) is 14.9 Å². The fraction of sp³-hybridized carbons (Fsp3) is 0.176. The summed E-state index contributed by atoms with van der Waals surface area (Å²) in [6.07, 6.45) is 0. The first-order chi connectivity index (χ1) is 12.5. The summed E-state index contributed by atoms with van der Waals surface area (Å²) in [5.74, 6) is 0.420. The van der Waals surface area contributed by atoms with Gasteiger partial charge in [0.15, 0.2) is 0 Å². The second-order valence-electron chi connectivity index (χ2n) is 5.34. The van der Waals surface area contributed by atoms with Crippen LogP contribution in [0, 0.1) is 5.82 Å². The maximum Gasteiger partial charge on any atom is 0.277 e. The molecular formula is C17H16FN3O3S2. The van der Waals surface area contributed by atoms with E-state index >= 15 is 0 Å². The highest BCUT2D eigenvalue weighted by Crippen LogP contribution is 2.27. The number of aromatic nitrogens is 2. The van der Waals surface area contributed by atoms with Gasteiger partial charge in [-0.2, -0.15) is 0 Å². The van der Waals surface area contributed by atoms with E-state index in [1.54, 1.807) is 49.4 Å². The van der Waals surface area contributed by atoms with Crippen molar-refractivity contribution < 1.29 is 17.2 Å². The van der Waals surface area contributed by atoms with Gasteiger partial charge in [-0.05, 0) is 42.8 Å². The van der Waals surface area contributed by atoms with Gasteiger partial charge >= 0.3 is 0 Å². The number of hydrogen-bond acceptors (Lipinski definition) is 6. The number of thioether (sulfide) groups is 1. The van der Waals surface area contributed by atoms with Crippen molar-refractivity contribution in [3.63, 3.8) is 0 Å². The summed E-state index contributed by atoms with van der Waals surface area (Å²) in [6.45, 7) is 1.57. The number of nitrogens with one attached hydrogen (secondary N) is 1. The number of nitrogens with zero attached hydrogens (tertiary/aromatic N) is 2. The van der Waals surface area contributed by atoms with Crippen molar-refractivity contribution in [2.45, 2.75) is 17.9 Å². The van der Waals surface area contributed by atoms with Gasteiger partial charge in [-0.15, -0.1) is 10.2 Å². The van der Waals surface area contributed by atoms with E-state index < -0.39 is 10.0 Å². The lowest BCUT2D eigenvalue weighted by Crippen LogP contribution is -2.14. The number of halogens is 1. The third-order valence-electron chi connectivity index (χ3n) is 3.50. The minimum atomic E-state index is -3.32. The molecule has 0 amide bonds. The fourth-order valence-electron chi connectivity index (χ4n) is 2.07. The summed E-state index contributed by atoms with van der Waals surface area (Å²) in [6, 6.07) is 13.1. The Morgan fingerprint density at radius 2 is 1.85 bits per heavy atom. The van der Waals surface area contributed by atoms with Crippen LogP contribution in [0.1, 0.15) is 12.5 Å². The predicted molar refractivity (Wildman–Crippen MR) is 98.8 cm³/mol. The summed E-state index contributed by atoms with van der Waals surface area (Å²) in [5, 5.41) is 8.25. The molecule has 0 bridgehead atoms. The summed E-state index contributed by atoms with van der Waals surface area (Å²) >= 11 is 1.25. The van der Waals surface area contributed by atoms with Gasteiger partial charge < -0.3 is 4.42 Å². The molecule has 1 heterocycles. The topological polar surface area (TPSA) is 85.1 Å². The molecule has 1 aromatic heterocycles. The predicted octanol–water partition coefficient (Wildman–Crippen LogP) is 3.93. The minimum Gasteiger partial charge on any atom is -0.411 e. The molecule has 0 aliphatic carbocycles. The highest BCUT2D eigenvalue weighted by Gasteiger charge is 2.12. The lowest BCUT2D eigenvalue weighted by molar-refractivity contribution is 0.465. The highest BCUT2D eigenvalue weighted by atomic mass is 32.2. The van der Waals surface area contributed by atoms with Crippen molar-refractivity contribution in [3.8, 4) is 11.5 Å². The number of sulfonamides is 1. The maximum absolute atomic E-state index is 13.6. The Kier molecular flexibility index (Phi) is 5.58. The molecule has 2 aromatic carbocycles. The van der Waals surface area contributed by atoms with E-state index in [-0.39, 0.29) is 11.6 Å². The van der Waals surface area contributed by atoms with Crippen molar-refractivity contribution in [3.05, 3.63) is 59.9 Å². The number of hydrogen-bond donors (Lipinski definition) is 1. The Balaban J connectivity index is 1.67. The monoisotopic (exact) mass is 393 g/mol. The largest absolute Gasteiger partial charge is 0.411 e. The molecule has 0 radical (unpaired) electrons. The van der Waals surface area contributed by atoms with Crippen molar-refractivity contribution in [1.29, 1.82) is 0 Å². The second-order valence-corrected chi connectivity index (χ2v) is 8.27. The van der Waals surface area contributed by atoms with E-state index in [1.165, 1.54) is 17.8 Å². The smallest absolute Gasteiger partial charge is 0.277 e. The SMILES string of the molecule is CCS(=O)(=O)Nc1ccc(-c2nnc(SCc3ccccc3F)o2)cc1. The summed E-state index contributed by atoms with van der Waals surface area (Å²) < 4.78 is 44.8. The van der Waals surface area contributed by atoms with Gasteiger partial charge in [0.1, 0.15) is 5.82 Å². The number of rotatable bonds is 7. The van der Waals surface area contributed by atoms with Crippen molar-refractivity contribution >= 4 is 27.5 Å². The molecule has 0 saturated heterocycles. The molecular weight excluding hydrogens is 377 g/mol. The fourth-order valence-corrected chi connectivity index (χ4v) is 3.46. The van der Waals surface area contributed by atoms with E-state index in [1.807, 2.05) is 0 Å². The summed E-state index contributed by atoms with van der Waals surface area (Å²) in [7, 11) is -3.32. The van der Waals surface area contributed by atoms with Gasteiger partial charge in [-0.3, -0.25) is 4.72 Å². The summed E-state index contributed by atoms with van der Waals surface area (Å²) in [5.41, 5.74) is 1.68. The zero-order valence-corrected chi connectivity index (χ0v) is 15.5. The average Bonchev–Trinajstić information content (AvgIpc) is 3.10. The zero-order valence-electron chi connectivity index (χ0n) is 13.8. The molecule has 6 nitrogen and oxygen atoms in total. The maximum atomic E-state index is 13.6. The molecule has 3 aromatic rings. The lowest BCUT2D eigenvalue weighted by atomic mass is 10.2. The van der Waals surface area contributed by atoms with Gasteiger partial charge in [-0.1, -0.05) is 30.0 Å². The molecule has 0 spiro atoms. The Morgan fingerprint density at radius 1 is 1.12 bits per heavy atom. The van der Waals surface area contributed by atoms with Crippen LogP contribution in [0.2, 0.25) is 0 Å². The van der Waals surface area contributed by atoms with Crippen LogP contribution in [0.15, 0.2) is 58.2 Å². The highest BCUT2D eigenvalue weighted by molar-refractivity contribution is 7.98. The molecule has 26 heavy (non-hydrogen) atoms. The molecule has 0 fully saturated rings. The third kappa shape index (κ3) is 4.61. The molecule has 136 valence electrons. The molecule has 0 atom stereocenters. The first kappa shape index (κ1) is 18.4. The third-order valence-corrected chi connectivity index (χ3v) is 5.67. The Bertz CT molecular complexity index is 988. The van der Waals surface area contributed by atoms with Gasteiger partial charge in [0.25, 0.3) is 5.22 Å².